The summed E-state index contributed by atoms with van der Waals surface area (Å²) in [6.07, 6.45) is 0. The minimum Gasteiger partial charge on any atom is -0.323 e. The molecule has 1 aromatic carbocycles. The highest BCUT2D eigenvalue weighted by Crippen LogP contribution is 2.28. The van der Waals surface area contributed by atoms with Gasteiger partial charge in [-0.25, -0.2) is 9.37 Å². The summed E-state index contributed by atoms with van der Waals surface area (Å²) in [5, 5.41) is 2.69. The van der Waals surface area contributed by atoms with Crippen LogP contribution in [0.15, 0.2) is 28.1 Å². The Hall–Kier alpha value is -0.780. The van der Waals surface area contributed by atoms with E-state index < -0.39 is 0 Å². The molecule has 84 valence electrons. The molecule has 0 radical (unpaired) electrons. The van der Waals surface area contributed by atoms with Crippen LogP contribution in [0.3, 0.4) is 0 Å². The van der Waals surface area contributed by atoms with Gasteiger partial charge in [0, 0.05) is 21.5 Å². The van der Waals surface area contributed by atoms with E-state index in [0.717, 1.165) is 16.3 Å². The van der Waals surface area contributed by atoms with E-state index >= 15 is 0 Å². The molecule has 0 saturated heterocycles. The van der Waals surface area contributed by atoms with Crippen molar-refractivity contribution in [2.45, 2.75) is 13.0 Å². The Bertz CT molecular complexity index is 490. The van der Waals surface area contributed by atoms with Crippen molar-refractivity contribution < 1.29 is 4.39 Å². The monoisotopic (exact) mass is 300 g/mol. The van der Waals surface area contributed by atoms with Crippen LogP contribution < -0.4 is 5.73 Å². The molecule has 0 fully saturated rings. The van der Waals surface area contributed by atoms with Gasteiger partial charge in [0.25, 0.3) is 0 Å². The first-order valence-electron chi connectivity index (χ1n) is 4.74. The van der Waals surface area contributed by atoms with Gasteiger partial charge in [0.15, 0.2) is 0 Å². The number of nitrogens with two attached hydrogens (primary N) is 1. The number of thiazole rings is 1. The molecule has 2 aromatic rings. The Labute approximate surface area is 105 Å². The zero-order valence-corrected chi connectivity index (χ0v) is 11.0. The molecule has 1 aromatic heterocycles. The van der Waals surface area contributed by atoms with Crippen molar-refractivity contribution in [2.75, 3.05) is 0 Å². The number of benzene rings is 1. The van der Waals surface area contributed by atoms with Crippen molar-refractivity contribution in [3.05, 3.63) is 39.6 Å². The minimum absolute atomic E-state index is 0.0954. The van der Waals surface area contributed by atoms with Crippen LogP contribution in [-0.2, 0) is 0 Å². The van der Waals surface area contributed by atoms with Crippen molar-refractivity contribution in [1.29, 1.82) is 0 Å². The molecule has 5 heteroatoms. The van der Waals surface area contributed by atoms with Crippen molar-refractivity contribution in [2.24, 2.45) is 5.73 Å². The molecule has 2 nitrogen and oxygen atoms in total. The fraction of sp³-hybridized carbons (Fsp3) is 0.182. The van der Waals surface area contributed by atoms with Crippen molar-refractivity contribution >= 4 is 27.3 Å². The fourth-order valence-electron chi connectivity index (χ4n) is 1.31. The Kier molecular flexibility index (Phi) is 3.37. The normalized spacial score (nSPS) is 12.8. The molecule has 0 aliphatic heterocycles. The smallest absolute Gasteiger partial charge is 0.125 e. The van der Waals surface area contributed by atoms with E-state index in [1.54, 1.807) is 0 Å². The lowest BCUT2D eigenvalue weighted by atomic mass is 10.2. The molecule has 1 unspecified atom stereocenters. The molecule has 0 aliphatic rings. The second kappa shape index (κ2) is 4.61. The first-order valence-corrected chi connectivity index (χ1v) is 6.41. The van der Waals surface area contributed by atoms with E-state index in [9.17, 15) is 4.39 Å². The SMILES string of the molecule is CC(N)c1csc(-c2cc(F)cc(Br)c2)n1. The summed E-state index contributed by atoms with van der Waals surface area (Å²) in [5.41, 5.74) is 7.33. The summed E-state index contributed by atoms with van der Waals surface area (Å²) < 4.78 is 13.9. The van der Waals surface area contributed by atoms with Crippen molar-refractivity contribution in [3.8, 4) is 10.6 Å². The Morgan fingerprint density at radius 1 is 1.44 bits per heavy atom. The minimum atomic E-state index is -0.276. The van der Waals surface area contributed by atoms with E-state index in [1.807, 2.05) is 18.4 Å². The first kappa shape index (κ1) is 11.7. The maximum absolute atomic E-state index is 13.2. The second-order valence-corrected chi connectivity index (χ2v) is 5.30. The van der Waals surface area contributed by atoms with Crippen LogP contribution in [0, 0.1) is 5.82 Å². The van der Waals surface area contributed by atoms with Crippen LogP contribution in [0.2, 0.25) is 0 Å². The molecule has 1 atom stereocenters. The molecular formula is C11H10BrFN2S. The van der Waals surface area contributed by atoms with Gasteiger partial charge >= 0.3 is 0 Å². The summed E-state index contributed by atoms with van der Waals surface area (Å²) in [6.45, 7) is 1.88. The van der Waals surface area contributed by atoms with E-state index in [0.29, 0.717) is 4.47 Å². The number of hydrogen-bond acceptors (Lipinski definition) is 3. The van der Waals surface area contributed by atoms with Gasteiger partial charge in [0.05, 0.1) is 5.69 Å². The third-order valence-corrected chi connectivity index (χ3v) is 3.47. The summed E-state index contributed by atoms with van der Waals surface area (Å²) in [6, 6.07) is 4.63. The van der Waals surface area contributed by atoms with Gasteiger partial charge in [0.2, 0.25) is 0 Å². The third kappa shape index (κ3) is 2.48. The highest BCUT2D eigenvalue weighted by atomic mass is 79.9. The zero-order valence-electron chi connectivity index (χ0n) is 8.58. The predicted octanol–water partition coefficient (Wildman–Crippen LogP) is 3.73. The fourth-order valence-corrected chi connectivity index (χ4v) is 2.68. The van der Waals surface area contributed by atoms with E-state index in [4.69, 9.17) is 5.73 Å². The standard InChI is InChI=1S/C11H10BrFN2S/c1-6(14)10-5-16-11(15-10)7-2-8(12)4-9(13)3-7/h2-6H,14H2,1H3. The third-order valence-electron chi connectivity index (χ3n) is 2.10. The summed E-state index contributed by atoms with van der Waals surface area (Å²) in [7, 11) is 0. The largest absolute Gasteiger partial charge is 0.323 e. The molecular weight excluding hydrogens is 291 g/mol. The molecule has 2 N–H and O–H groups in total. The van der Waals surface area contributed by atoms with Crippen LogP contribution in [0.5, 0.6) is 0 Å². The summed E-state index contributed by atoms with van der Waals surface area (Å²) in [5.74, 6) is -0.276. The Morgan fingerprint density at radius 2 is 2.19 bits per heavy atom. The van der Waals surface area contributed by atoms with Crippen LogP contribution in [-0.4, -0.2) is 4.98 Å². The predicted molar refractivity (Wildman–Crippen MR) is 67.8 cm³/mol. The van der Waals surface area contributed by atoms with Gasteiger partial charge in [-0.3, -0.25) is 0 Å². The number of rotatable bonds is 2. The van der Waals surface area contributed by atoms with Gasteiger partial charge in [0.1, 0.15) is 10.8 Å². The maximum Gasteiger partial charge on any atom is 0.125 e. The lowest BCUT2D eigenvalue weighted by Crippen LogP contribution is -2.04. The van der Waals surface area contributed by atoms with Gasteiger partial charge in [-0.2, -0.15) is 0 Å². The topological polar surface area (TPSA) is 38.9 Å². The Morgan fingerprint density at radius 3 is 2.75 bits per heavy atom. The van der Waals surface area contributed by atoms with E-state index in [1.165, 1.54) is 23.5 Å². The Balaban J connectivity index is 2.42. The highest BCUT2D eigenvalue weighted by Gasteiger charge is 2.09. The van der Waals surface area contributed by atoms with Crippen molar-refractivity contribution in [1.82, 2.24) is 4.98 Å². The van der Waals surface area contributed by atoms with Crippen LogP contribution >= 0.6 is 27.3 Å². The first-order chi connectivity index (χ1) is 7.56. The highest BCUT2D eigenvalue weighted by molar-refractivity contribution is 9.10. The van der Waals surface area contributed by atoms with Crippen LogP contribution in [0.1, 0.15) is 18.7 Å². The average Bonchev–Trinajstić information content (AvgIpc) is 2.64. The second-order valence-electron chi connectivity index (χ2n) is 3.52. The average molecular weight is 301 g/mol. The quantitative estimate of drug-likeness (QED) is 0.918. The molecule has 0 saturated carbocycles. The molecule has 0 amide bonds. The van der Waals surface area contributed by atoms with Gasteiger partial charge < -0.3 is 5.73 Å². The van der Waals surface area contributed by atoms with E-state index in [-0.39, 0.29) is 11.9 Å². The molecule has 0 spiro atoms. The lowest BCUT2D eigenvalue weighted by Gasteiger charge is -2.00. The molecule has 2 rings (SSSR count). The van der Waals surface area contributed by atoms with Gasteiger partial charge in [-0.15, -0.1) is 11.3 Å². The molecule has 0 bridgehead atoms. The van der Waals surface area contributed by atoms with Crippen molar-refractivity contribution in [3.63, 3.8) is 0 Å². The molecule has 16 heavy (non-hydrogen) atoms. The van der Waals surface area contributed by atoms with Gasteiger partial charge in [-0.1, -0.05) is 15.9 Å². The van der Waals surface area contributed by atoms with Gasteiger partial charge in [-0.05, 0) is 25.1 Å². The van der Waals surface area contributed by atoms with Crippen LogP contribution in [0.4, 0.5) is 4.39 Å². The van der Waals surface area contributed by atoms with Crippen LogP contribution in [0.25, 0.3) is 10.6 Å². The molecule has 0 aliphatic carbocycles. The number of nitrogens with zero attached hydrogens (tertiary/aromatic N) is 1. The number of aromatic nitrogens is 1. The summed E-state index contributed by atoms with van der Waals surface area (Å²) in [4.78, 5) is 4.37. The van der Waals surface area contributed by atoms with E-state index in [2.05, 4.69) is 20.9 Å². The zero-order chi connectivity index (χ0) is 11.7. The lowest BCUT2D eigenvalue weighted by molar-refractivity contribution is 0.627. The maximum atomic E-state index is 13.2. The number of hydrogen-bond donors (Lipinski definition) is 1. The number of halogens is 2. The summed E-state index contributed by atoms with van der Waals surface area (Å²) >= 11 is 4.73. The molecule has 1 heterocycles.